The van der Waals surface area contributed by atoms with Gasteiger partial charge in [-0.1, -0.05) is 44.2 Å². The molecule has 1 aliphatic heterocycles. The van der Waals surface area contributed by atoms with Crippen LogP contribution < -0.4 is 4.90 Å². The minimum atomic E-state index is -0.956. The summed E-state index contributed by atoms with van der Waals surface area (Å²) in [6.07, 6.45) is 0. The molecule has 2 amide bonds. The van der Waals surface area contributed by atoms with Gasteiger partial charge < -0.3 is 14.7 Å². The fourth-order valence-electron chi connectivity index (χ4n) is 4.60. The number of aryl methyl sites for hydroxylation is 1. The van der Waals surface area contributed by atoms with Crippen molar-refractivity contribution in [3.8, 4) is 11.1 Å². The number of benzene rings is 2. The molecule has 1 aliphatic rings. The van der Waals surface area contributed by atoms with Crippen molar-refractivity contribution in [1.82, 2.24) is 4.90 Å². The van der Waals surface area contributed by atoms with Gasteiger partial charge >= 0.3 is 0 Å². The number of ketones is 1. The summed E-state index contributed by atoms with van der Waals surface area (Å²) >= 11 is 1.66. The summed E-state index contributed by atoms with van der Waals surface area (Å²) in [5.41, 5.74) is 3.41. The van der Waals surface area contributed by atoms with Gasteiger partial charge in [0.1, 0.15) is 0 Å². The van der Waals surface area contributed by atoms with Crippen LogP contribution in [0.1, 0.15) is 40.7 Å². The third kappa shape index (κ3) is 5.14. The molecule has 7 nitrogen and oxygen atoms in total. The lowest BCUT2D eigenvalue weighted by molar-refractivity contribution is -0.119. The van der Waals surface area contributed by atoms with Crippen LogP contribution in [0, 0.1) is 12.8 Å². The highest BCUT2D eigenvalue weighted by atomic mass is 32.1. The van der Waals surface area contributed by atoms with Gasteiger partial charge in [0, 0.05) is 42.7 Å². The molecule has 1 atom stereocenters. The van der Waals surface area contributed by atoms with Gasteiger partial charge in [0.2, 0.25) is 0 Å². The first-order valence-electron chi connectivity index (χ1n) is 12.5. The van der Waals surface area contributed by atoms with Crippen molar-refractivity contribution in [3.05, 3.63) is 87.3 Å². The number of Topliss-reactive ketones (excluding diaryl/α,β-unsaturated/α-hetero) is 1. The van der Waals surface area contributed by atoms with E-state index in [1.54, 1.807) is 75.7 Å². The summed E-state index contributed by atoms with van der Waals surface area (Å²) in [7, 11) is 3.24. The molecule has 0 aliphatic carbocycles. The number of thiophene rings is 1. The van der Waals surface area contributed by atoms with Gasteiger partial charge in [-0.2, -0.15) is 0 Å². The Morgan fingerprint density at radius 2 is 1.79 bits per heavy atom. The van der Waals surface area contributed by atoms with Gasteiger partial charge in [0.15, 0.2) is 11.5 Å². The Balaban J connectivity index is 1.83. The Hall–Kier alpha value is -3.75. The van der Waals surface area contributed by atoms with Crippen LogP contribution in [0.3, 0.4) is 0 Å². The summed E-state index contributed by atoms with van der Waals surface area (Å²) in [4.78, 5) is 44.4. The van der Waals surface area contributed by atoms with Gasteiger partial charge in [-0.25, -0.2) is 0 Å². The molecular weight excluding hydrogens is 500 g/mol. The molecule has 3 aromatic rings. The second-order valence-electron chi connectivity index (χ2n) is 9.66. The topological polar surface area (TPSA) is 87.1 Å². The second kappa shape index (κ2) is 11.3. The molecule has 2 heterocycles. The number of rotatable bonds is 9. The minimum Gasteiger partial charge on any atom is -0.503 e. The smallest absolute Gasteiger partial charge is 0.294 e. The summed E-state index contributed by atoms with van der Waals surface area (Å²) in [6.45, 7) is 6.23. The van der Waals surface area contributed by atoms with Crippen molar-refractivity contribution in [1.29, 1.82) is 0 Å². The summed E-state index contributed by atoms with van der Waals surface area (Å²) in [5.74, 6) is -2.33. The number of hydrogen-bond acceptors (Lipinski definition) is 6. The van der Waals surface area contributed by atoms with E-state index in [0.717, 1.165) is 11.1 Å². The number of likely N-dealkylation sites (N-methyl/N-ethyl adjacent to an activating group) is 1. The molecule has 38 heavy (non-hydrogen) atoms. The third-order valence-corrected chi connectivity index (χ3v) is 7.53. The van der Waals surface area contributed by atoms with Gasteiger partial charge in [-0.15, -0.1) is 11.3 Å². The molecule has 0 saturated carbocycles. The largest absolute Gasteiger partial charge is 0.503 e. The number of amides is 2. The fourth-order valence-corrected chi connectivity index (χ4v) is 5.32. The molecule has 0 spiro atoms. The van der Waals surface area contributed by atoms with Crippen molar-refractivity contribution in [2.75, 3.05) is 32.2 Å². The van der Waals surface area contributed by atoms with Gasteiger partial charge in [-0.05, 0) is 53.3 Å². The van der Waals surface area contributed by atoms with Crippen molar-refractivity contribution in [2.45, 2.75) is 26.8 Å². The predicted octanol–water partition coefficient (Wildman–Crippen LogP) is 5.57. The van der Waals surface area contributed by atoms with Gasteiger partial charge in [0.05, 0.1) is 18.2 Å². The standard InChI is InChI=1S/C30H32N2O5S/c1-18(2)27(33)25-26(23-8-6-7-9-24(23)29(35)31(4)14-15-37-5)32(30(36)28(25)34)22-12-10-20(11-13-22)21-16-19(3)38-17-21/h6-13,16-18,26,34H,14-15H2,1-5H3. The molecular formula is C30H32N2O5S. The predicted molar refractivity (Wildman–Crippen MR) is 149 cm³/mol. The number of carbonyl (C=O) groups excluding carboxylic acids is 3. The molecule has 0 saturated heterocycles. The van der Waals surface area contributed by atoms with E-state index in [-0.39, 0.29) is 17.3 Å². The van der Waals surface area contributed by atoms with Crippen LogP contribution in [0.25, 0.3) is 11.1 Å². The number of methoxy groups -OCH3 is 1. The second-order valence-corrected chi connectivity index (χ2v) is 10.8. The number of hydrogen-bond donors (Lipinski definition) is 1. The summed E-state index contributed by atoms with van der Waals surface area (Å²) in [5, 5.41) is 13.1. The molecule has 198 valence electrons. The van der Waals surface area contributed by atoms with Crippen molar-refractivity contribution in [3.63, 3.8) is 0 Å². The maximum atomic E-state index is 13.5. The van der Waals surface area contributed by atoms with Crippen LogP contribution >= 0.6 is 11.3 Å². The van der Waals surface area contributed by atoms with Crippen LogP contribution in [0.2, 0.25) is 0 Å². The van der Waals surface area contributed by atoms with Crippen molar-refractivity contribution in [2.24, 2.45) is 5.92 Å². The Bertz CT molecular complexity index is 1390. The van der Waals surface area contributed by atoms with Crippen LogP contribution in [0.5, 0.6) is 0 Å². The van der Waals surface area contributed by atoms with Gasteiger partial charge in [0.25, 0.3) is 11.8 Å². The minimum absolute atomic E-state index is 0.00216. The third-order valence-electron chi connectivity index (χ3n) is 6.67. The molecule has 4 rings (SSSR count). The van der Waals surface area contributed by atoms with Crippen LogP contribution in [-0.2, 0) is 14.3 Å². The van der Waals surface area contributed by atoms with Crippen molar-refractivity contribution >= 4 is 34.6 Å². The maximum Gasteiger partial charge on any atom is 0.294 e. The van der Waals surface area contributed by atoms with E-state index in [4.69, 9.17) is 4.74 Å². The lowest BCUT2D eigenvalue weighted by atomic mass is 9.88. The van der Waals surface area contributed by atoms with E-state index < -0.39 is 23.6 Å². The van der Waals surface area contributed by atoms with Gasteiger partial charge in [-0.3, -0.25) is 19.3 Å². The molecule has 8 heteroatoms. The molecule has 0 fully saturated rings. The fraction of sp³-hybridized carbons (Fsp3) is 0.300. The van der Waals surface area contributed by atoms with Crippen molar-refractivity contribution < 1.29 is 24.2 Å². The zero-order chi connectivity index (χ0) is 27.6. The molecule has 1 unspecified atom stereocenters. The lowest BCUT2D eigenvalue weighted by Crippen LogP contribution is -2.35. The first kappa shape index (κ1) is 27.3. The Labute approximate surface area is 227 Å². The number of anilines is 1. The molecule has 0 bridgehead atoms. The quantitative estimate of drug-likeness (QED) is 0.390. The Morgan fingerprint density at radius 3 is 2.39 bits per heavy atom. The lowest BCUT2D eigenvalue weighted by Gasteiger charge is -2.29. The van der Waals surface area contributed by atoms with E-state index in [1.807, 2.05) is 19.1 Å². The Kier molecular flexibility index (Phi) is 8.14. The number of aliphatic hydroxyl groups excluding tert-OH is 1. The molecule has 2 aromatic carbocycles. The molecule has 1 aromatic heterocycles. The maximum absolute atomic E-state index is 13.5. The van der Waals surface area contributed by atoms with E-state index in [2.05, 4.69) is 11.4 Å². The average Bonchev–Trinajstić information content (AvgIpc) is 3.47. The van der Waals surface area contributed by atoms with Crippen LogP contribution in [0.4, 0.5) is 5.69 Å². The highest BCUT2D eigenvalue weighted by molar-refractivity contribution is 7.10. The zero-order valence-electron chi connectivity index (χ0n) is 22.2. The first-order chi connectivity index (χ1) is 18.1. The number of nitrogens with zero attached hydrogens (tertiary/aromatic N) is 2. The Morgan fingerprint density at radius 1 is 1.11 bits per heavy atom. The van der Waals surface area contributed by atoms with E-state index in [9.17, 15) is 19.5 Å². The number of aliphatic hydroxyl groups is 1. The zero-order valence-corrected chi connectivity index (χ0v) is 23.0. The van der Waals surface area contributed by atoms with E-state index in [1.165, 1.54) is 14.7 Å². The molecule has 1 N–H and O–H groups in total. The highest BCUT2D eigenvalue weighted by Gasteiger charge is 2.46. The summed E-state index contributed by atoms with van der Waals surface area (Å²) in [6, 6.07) is 15.5. The number of ether oxygens (including phenoxy) is 1. The van der Waals surface area contributed by atoms with E-state index >= 15 is 0 Å². The first-order valence-corrected chi connectivity index (χ1v) is 13.3. The highest BCUT2D eigenvalue weighted by Crippen LogP contribution is 2.43. The SMILES string of the molecule is COCCN(C)C(=O)c1ccccc1C1C(C(=O)C(C)C)=C(O)C(=O)N1c1ccc(-c2csc(C)c2)cc1. The average molecular weight is 533 g/mol. The summed E-state index contributed by atoms with van der Waals surface area (Å²) < 4.78 is 5.12. The van der Waals surface area contributed by atoms with Crippen LogP contribution in [-0.4, -0.2) is 54.9 Å². The normalized spacial score (nSPS) is 15.5. The number of carbonyl (C=O) groups is 3. The van der Waals surface area contributed by atoms with Crippen LogP contribution in [0.15, 0.2) is 71.3 Å². The monoisotopic (exact) mass is 532 g/mol. The van der Waals surface area contributed by atoms with E-state index in [0.29, 0.717) is 30.0 Å². The molecule has 0 radical (unpaired) electrons.